The highest BCUT2D eigenvalue weighted by Crippen LogP contribution is 2.09. The van der Waals surface area contributed by atoms with Crippen LogP contribution in [0.3, 0.4) is 0 Å². The van der Waals surface area contributed by atoms with Gasteiger partial charge in [0.25, 0.3) is 0 Å². The summed E-state index contributed by atoms with van der Waals surface area (Å²) in [5.41, 5.74) is 0.926. The van der Waals surface area contributed by atoms with E-state index in [1.165, 1.54) is 44.9 Å². The second-order valence-corrected chi connectivity index (χ2v) is 5.94. The third-order valence-electron chi connectivity index (χ3n) is 3.78. The Bertz CT molecular complexity index is 429. The fourth-order valence-corrected chi connectivity index (χ4v) is 2.38. The summed E-state index contributed by atoms with van der Waals surface area (Å²) in [4.78, 5) is 15.6. The highest BCUT2D eigenvalue weighted by Gasteiger charge is 2.01. The molecule has 0 aromatic carbocycles. The van der Waals surface area contributed by atoms with E-state index in [2.05, 4.69) is 24.1 Å². The molecule has 1 aromatic heterocycles. The number of hydrogen-bond donors (Lipinski definition) is 0. The lowest BCUT2D eigenvalue weighted by Gasteiger charge is -2.03. The minimum atomic E-state index is -0.144. The number of carbonyl (C=O) groups is 1. The van der Waals surface area contributed by atoms with E-state index in [9.17, 15) is 4.79 Å². The Hall–Kier alpha value is -1.64. The van der Waals surface area contributed by atoms with Crippen molar-refractivity contribution in [3.8, 4) is 0 Å². The normalized spacial score (nSPS) is 11.0. The predicted molar refractivity (Wildman–Crippen MR) is 95.0 cm³/mol. The zero-order valence-electron chi connectivity index (χ0n) is 14.5. The lowest BCUT2D eigenvalue weighted by Crippen LogP contribution is -2.03. The molecule has 0 aliphatic rings. The molecule has 0 N–H and O–H groups in total. The fourth-order valence-electron chi connectivity index (χ4n) is 2.38. The van der Waals surface area contributed by atoms with Crippen molar-refractivity contribution >= 4 is 5.97 Å². The highest BCUT2D eigenvalue weighted by atomic mass is 16.5. The Labute approximate surface area is 141 Å². The van der Waals surface area contributed by atoms with E-state index >= 15 is 0 Å². The molecule has 0 amide bonds. The van der Waals surface area contributed by atoms with E-state index < -0.39 is 0 Å². The minimum Gasteiger partial charge on any atom is -0.461 e. The number of aromatic nitrogens is 1. The molecule has 3 heteroatoms. The molecule has 0 saturated carbocycles. The zero-order chi connectivity index (χ0) is 16.6. The molecular weight excluding hydrogens is 286 g/mol. The molecule has 0 spiro atoms. The molecule has 23 heavy (non-hydrogen) atoms. The van der Waals surface area contributed by atoms with Crippen molar-refractivity contribution in [3.05, 3.63) is 42.2 Å². The third kappa shape index (κ3) is 11.6. The molecule has 1 rings (SSSR count). The monoisotopic (exact) mass is 317 g/mol. The van der Waals surface area contributed by atoms with Crippen molar-refractivity contribution in [1.29, 1.82) is 0 Å². The molecule has 0 fully saturated rings. The summed E-state index contributed by atoms with van der Waals surface area (Å²) in [5.74, 6) is -0.144. The van der Waals surface area contributed by atoms with Gasteiger partial charge in [-0.25, -0.2) is 0 Å². The van der Waals surface area contributed by atoms with Gasteiger partial charge in [-0.2, -0.15) is 0 Å². The summed E-state index contributed by atoms with van der Waals surface area (Å²) in [6.45, 7) is 2.56. The van der Waals surface area contributed by atoms with Gasteiger partial charge in [-0.3, -0.25) is 9.78 Å². The van der Waals surface area contributed by atoms with Gasteiger partial charge in [0.1, 0.15) is 6.61 Å². The van der Waals surface area contributed by atoms with Gasteiger partial charge in [0.15, 0.2) is 0 Å². The maximum absolute atomic E-state index is 11.6. The van der Waals surface area contributed by atoms with Crippen molar-refractivity contribution in [2.45, 2.75) is 77.7 Å². The Morgan fingerprint density at radius 3 is 2.57 bits per heavy atom. The minimum absolute atomic E-state index is 0.144. The predicted octanol–water partition coefficient (Wildman–Crippen LogP) is 5.60. The average Bonchev–Trinajstić information content (AvgIpc) is 2.59. The number of pyridine rings is 1. The van der Waals surface area contributed by atoms with Crippen LogP contribution >= 0.6 is 0 Å². The molecule has 0 aliphatic heterocycles. The second kappa shape index (κ2) is 14.0. The molecule has 1 aromatic rings. The summed E-state index contributed by atoms with van der Waals surface area (Å²) in [6.07, 6.45) is 19.4. The van der Waals surface area contributed by atoms with Gasteiger partial charge in [-0.1, -0.05) is 63.7 Å². The number of nitrogens with zero attached hydrogens (tertiary/aromatic N) is 1. The molecule has 0 aliphatic carbocycles. The van der Waals surface area contributed by atoms with Crippen molar-refractivity contribution < 1.29 is 9.53 Å². The maximum Gasteiger partial charge on any atom is 0.306 e. The van der Waals surface area contributed by atoms with Crippen LogP contribution < -0.4 is 0 Å². The van der Waals surface area contributed by atoms with Crippen molar-refractivity contribution in [1.82, 2.24) is 4.98 Å². The van der Waals surface area contributed by atoms with Crippen LogP contribution in [-0.4, -0.2) is 11.0 Å². The molecule has 128 valence electrons. The SMILES string of the molecule is CCCCCCCCC/C=C\CCC(=O)OCc1cccnc1. The van der Waals surface area contributed by atoms with Gasteiger partial charge in [0.2, 0.25) is 0 Å². The summed E-state index contributed by atoms with van der Waals surface area (Å²) in [7, 11) is 0. The molecule has 1 heterocycles. The van der Waals surface area contributed by atoms with Gasteiger partial charge in [-0.05, 0) is 25.3 Å². The van der Waals surface area contributed by atoms with E-state index in [0.29, 0.717) is 13.0 Å². The molecule has 0 unspecified atom stereocenters. The molecule has 0 radical (unpaired) electrons. The van der Waals surface area contributed by atoms with Crippen molar-refractivity contribution in [2.75, 3.05) is 0 Å². The number of esters is 1. The van der Waals surface area contributed by atoms with Crippen LogP contribution in [0, 0.1) is 0 Å². The van der Waals surface area contributed by atoms with Crippen LogP contribution in [0.5, 0.6) is 0 Å². The van der Waals surface area contributed by atoms with Crippen LogP contribution in [0.25, 0.3) is 0 Å². The molecular formula is C20H31NO2. The largest absolute Gasteiger partial charge is 0.461 e. The zero-order valence-corrected chi connectivity index (χ0v) is 14.5. The van der Waals surface area contributed by atoms with Crippen molar-refractivity contribution in [2.24, 2.45) is 0 Å². The summed E-state index contributed by atoms with van der Waals surface area (Å²) >= 11 is 0. The maximum atomic E-state index is 11.6. The number of carbonyl (C=O) groups excluding carboxylic acids is 1. The van der Waals surface area contributed by atoms with Crippen LogP contribution in [0.4, 0.5) is 0 Å². The average molecular weight is 317 g/mol. The first-order valence-corrected chi connectivity index (χ1v) is 9.02. The standard InChI is InChI=1S/C20H31NO2/c1-2-3-4-5-6-7-8-9-10-11-12-15-20(22)23-18-19-14-13-16-21-17-19/h10-11,13-14,16-17H,2-9,12,15,18H2,1H3/b11-10-. The smallest absolute Gasteiger partial charge is 0.306 e. The van der Waals surface area contributed by atoms with E-state index in [1.54, 1.807) is 12.4 Å². The van der Waals surface area contributed by atoms with Gasteiger partial charge in [0.05, 0.1) is 0 Å². The van der Waals surface area contributed by atoms with Crippen LogP contribution in [0.2, 0.25) is 0 Å². The Morgan fingerprint density at radius 2 is 1.83 bits per heavy atom. The van der Waals surface area contributed by atoms with Crippen LogP contribution in [-0.2, 0) is 16.1 Å². The van der Waals surface area contributed by atoms with E-state index in [1.807, 2.05) is 12.1 Å². The van der Waals surface area contributed by atoms with E-state index in [0.717, 1.165) is 18.4 Å². The summed E-state index contributed by atoms with van der Waals surface area (Å²) < 4.78 is 5.21. The molecule has 3 nitrogen and oxygen atoms in total. The second-order valence-electron chi connectivity index (χ2n) is 5.94. The Kier molecular flexibility index (Phi) is 11.8. The molecule has 0 bridgehead atoms. The number of ether oxygens (including phenoxy) is 1. The topological polar surface area (TPSA) is 39.2 Å². The number of rotatable bonds is 13. The van der Waals surface area contributed by atoms with Gasteiger partial charge < -0.3 is 4.74 Å². The van der Waals surface area contributed by atoms with E-state index in [4.69, 9.17) is 4.74 Å². The van der Waals surface area contributed by atoms with Crippen molar-refractivity contribution in [3.63, 3.8) is 0 Å². The number of unbranched alkanes of at least 4 members (excludes halogenated alkanes) is 7. The van der Waals surface area contributed by atoms with Crippen LogP contribution in [0.1, 0.15) is 76.7 Å². The summed E-state index contributed by atoms with van der Waals surface area (Å²) in [6, 6.07) is 3.75. The van der Waals surface area contributed by atoms with Crippen LogP contribution in [0.15, 0.2) is 36.7 Å². The first-order chi connectivity index (χ1) is 11.3. The third-order valence-corrected chi connectivity index (χ3v) is 3.78. The quantitative estimate of drug-likeness (QED) is 0.270. The fraction of sp³-hybridized carbons (Fsp3) is 0.600. The summed E-state index contributed by atoms with van der Waals surface area (Å²) in [5, 5.41) is 0. The van der Waals surface area contributed by atoms with Gasteiger partial charge in [-0.15, -0.1) is 0 Å². The Morgan fingerprint density at radius 1 is 1.09 bits per heavy atom. The first kappa shape index (κ1) is 19.4. The van der Waals surface area contributed by atoms with Gasteiger partial charge in [0, 0.05) is 24.4 Å². The lowest BCUT2D eigenvalue weighted by atomic mass is 10.1. The highest BCUT2D eigenvalue weighted by molar-refractivity contribution is 5.69. The lowest BCUT2D eigenvalue weighted by molar-refractivity contribution is -0.144. The molecule has 0 saturated heterocycles. The molecule has 0 atom stereocenters. The number of allylic oxidation sites excluding steroid dienone is 2. The number of hydrogen-bond acceptors (Lipinski definition) is 3. The van der Waals surface area contributed by atoms with Gasteiger partial charge >= 0.3 is 5.97 Å². The van der Waals surface area contributed by atoms with E-state index in [-0.39, 0.29) is 5.97 Å². The first-order valence-electron chi connectivity index (χ1n) is 9.02. The Balaban J connectivity index is 1.92.